The third-order valence-corrected chi connectivity index (χ3v) is 5.29. The summed E-state index contributed by atoms with van der Waals surface area (Å²) in [5.41, 5.74) is 0.266. The van der Waals surface area contributed by atoms with Crippen molar-refractivity contribution in [2.45, 2.75) is 13.2 Å². The zero-order valence-corrected chi connectivity index (χ0v) is 18.9. The van der Waals surface area contributed by atoms with Crippen LogP contribution in [0, 0.1) is 5.82 Å². The lowest BCUT2D eigenvalue weighted by molar-refractivity contribution is 0.0992. The Morgan fingerprint density at radius 3 is 2.64 bits per heavy atom. The lowest BCUT2D eigenvalue weighted by atomic mass is 10.2. The van der Waals surface area contributed by atoms with Crippen molar-refractivity contribution in [3.05, 3.63) is 93.7 Å². The van der Waals surface area contributed by atoms with E-state index in [9.17, 15) is 9.18 Å². The Bertz CT molecular complexity index is 1270. The number of aromatic nitrogens is 2. The smallest absolute Gasteiger partial charge is 0.292 e. The molecule has 0 bridgehead atoms. The van der Waals surface area contributed by atoms with E-state index in [4.69, 9.17) is 37.1 Å². The fourth-order valence-corrected chi connectivity index (χ4v) is 3.46. The molecule has 0 aliphatic heterocycles. The number of amides is 1. The lowest BCUT2D eigenvalue weighted by Gasteiger charge is -2.08. The van der Waals surface area contributed by atoms with Gasteiger partial charge >= 0.3 is 0 Å². The maximum absolute atomic E-state index is 14.0. The minimum absolute atomic E-state index is 0.0479. The first-order valence-corrected chi connectivity index (χ1v) is 10.5. The Kier molecular flexibility index (Phi) is 6.86. The van der Waals surface area contributed by atoms with Gasteiger partial charge in [-0.2, -0.15) is 5.10 Å². The number of para-hydroxylation sites is 2. The second-order valence-electron chi connectivity index (χ2n) is 6.88. The zero-order valence-electron chi connectivity index (χ0n) is 17.3. The van der Waals surface area contributed by atoms with Gasteiger partial charge in [-0.25, -0.2) is 4.39 Å². The molecule has 2 aromatic heterocycles. The average molecular weight is 490 g/mol. The van der Waals surface area contributed by atoms with Crippen LogP contribution in [0.4, 0.5) is 10.2 Å². The first-order valence-electron chi connectivity index (χ1n) is 9.76. The van der Waals surface area contributed by atoms with Gasteiger partial charge in [-0.15, -0.1) is 0 Å². The normalized spacial score (nSPS) is 10.8. The molecule has 0 spiro atoms. The lowest BCUT2D eigenvalue weighted by Crippen LogP contribution is -2.12. The Balaban J connectivity index is 1.40. The van der Waals surface area contributed by atoms with Gasteiger partial charge in [-0.05, 0) is 36.4 Å². The Morgan fingerprint density at radius 2 is 1.88 bits per heavy atom. The van der Waals surface area contributed by atoms with Crippen molar-refractivity contribution >= 4 is 34.9 Å². The second kappa shape index (κ2) is 9.97. The summed E-state index contributed by atoms with van der Waals surface area (Å²) in [7, 11) is 1.55. The van der Waals surface area contributed by atoms with Crippen molar-refractivity contribution in [3.8, 4) is 11.5 Å². The number of anilines is 1. The molecule has 170 valence electrons. The van der Waals surface area contributed by atoms with Crippen LogP contribution in [0.1, 0.15) is 21.9 Å². The van der Waals surface area contributed by atoms with E-state index in [2.05, 4.69) is 10.4 Å². The molecule has 1 amide bonds. The van der Waals surface area contributed by atoms with Crippen LogP contribution in [0.2, 0.25) is 10.0 Å². The molecular formula is C23H18Cl2FN3O4. The van der Waals surface area contributed by atoms with Crippen molar-refractivity contribution in [1.82, 2.24) is 9.78 Å². The van der Waals surface area contributed by atoms with Gasteiger partial charge in [0.2, 0.25) is 0 Å². The van der Waals surface area contributed by atoms with E-state index in [0.717, 1.165) is 0 Å². The molecule has 2 aromatic carbocycles. The van der Waals surface area contributed by atoms with Crippen molar-refractivity contribution < 1.29 is 23.1 Å². The van der Waals surface area contributed by atoms with E-state index in [-0.39, 0.29) is 40.3 Å². The molecule has 1 N–H and O–H groups in total. The Morgan fingerprint density at radius 1 is 1.09 bits per heavy atom. The van der Waals surface area contributed by atoms with Gasteiger partial charge in [0.25, 0.3) is 5.91 Å². The predicted octanol–water partition coefficient (Wildman–Crippen LogP) is 5.81. The van der Waals surface area contributed by atoms with Crippen LogP contribution in [0.25, 0.3) is 0 Å². The summed E-state index contributed by atoms with van der Waals surface area (Å²) >= 11 is 12.2. The molecule has 0 atom stereocenters. The molecular weight excluding hydrogens is 472 g/mol. The van der Waals surface area contributed by atoms with Gasteiger partial charge < -0.3 is 19.2 Å². The SMILES string of the molecule is COc1ccccc1OCc1ccc(C(=O)Nc2nn(Cc3c(F)cccc3Cl)cc2Cl)o1. The monoisotopic (exact) mass is 489 g/mol. The average Bonchev–Trinajstić information content (AvgIpc) is 3.42. The van der Waals surface area contributed by atoms with Gasteiger partial charge in [0.1, 0.15) is 23.2 Å². The van der Waals surface area contributed by atoms with E-state index in [1.54, 1.807) is 31.4 Å². The van der Waals surface area contributed by atoms with Crippen LogP contribution in [-0.2, 0) is 13.2 Å². The largest absolute Gasteiger partial charge is 0.493 e. The number of benzene rings is 2. The summed E-state index contributed by atoms with van der Waals surface area (Å²) in [5.74, 6) is 0.733. The summed E-state index contributed by atoms with van der Waals surface area (Å²) in [6, 6.07) is 14.7. The molecule has 33 heavy (non-hydrogen) atoms. The maximum atomic E-state index is 14.0. The van der Waals surface area contributed by atoms with Crippen LogP contribution in [0.15, 0.2) is 65.2 Å². The molecule has 0 fully saturated rings. The van der Waals surface area contributed by atoms with E-state index >= 15 is 0 Å². The van der Waals surface area contributed by atoms with Crippen LogP contribution in [0.3, 0.4) is 0 Å². The molecule has 0 radical (unpaired) electrons. The number of carbonyl (C=O) groups is 1. The van der Waals surface area contributed by atoms with E-state index < -0.39 is 11.7 Å². The first kappa shape index (κ1) is 22.7. The van der Waals surface area contributed by atoms with Crippen molar-refractivity contribution in [1.29, 1.82) is 0 Å². The third-order valence-electron chi connectivity index (χ3n) is 4.66. The van der Waals surface area contributed by atoms with Gasteiger partial charge in [0.05, 0.1) is 13.7 Å². The third kappa shape index (κ3) is 5.30. The summed E-state index contributed by atoms with van der Waals surface area (Å²) < 4.78 is 31.9. The minimum Gasteiger partial charge on any atom is -0.493 e. The predicted molar refractivity (Wildman–Crippen MR) is 122 cm³/mol. The van der Waals surface area contributed by atoms with Gasteiger partial charge in [0.15, 0.2) is 23.1 Å². The number of ether oxygens (including phenoxy) is 2. The maximum Gasteiger partial charge on any atom is 0.292 e. The number of rotatable bonds is 8. The van der Waals surface area contributed by atoms with E-state index in [1.807, 2.05) is 12.1 Å². The van der Waals surface area contributed by atoms with Crippen molar-refractivity contribution in [3.63, 3.8) is 0 Å². The minimum atomic E-state index is -0.547. The summed E-state index contributed by atoms with van der Waals surface area (Å²) in [4.78, 5) is 12.6. The number of halogens is 3. The number of furan rings is 1. The Labute approximate surface area is 198 Å². The van der Waals surface area contributed by atoms with Gasteiger partial charge in [-0.1, -0.05) is 41.4 Å². The van der Waals surface area contributed by atoms with E-state index in [1.165, 1.54) is 29.1 Å². The highest BCUT2D eigenvalue weighted by atomic mass is 35.5. The topological polar surface area (TPSA) is 78.5 Å². The fourth-order valence-electron chi connectivity index (χ4n) is 3.04. The molecule has 2 heterocycles. The molecule has 4 aromatic rings. The molecule has 0 saturated carbocycles. The van der Waals surface area contributed by atoms with Crippen molar-refractivity contribution in [2.75, 3.05) is 12.4 Å². The number of hydrogen-bond donors (Lipinski definition) is 1. The van der Waals surface area contributed by atoms with Crippen LogP contribution in [-0.4, -0.2) is 22.8 Å². The highest BCUT2D eigenvalue weighted by Crippen LogP contribution is 2.27. The van der Waals surface area contributed by atoms with Gasteiger partial charge in [-0.3, -0.25) is 9.48 Å². The quantitative estimate of drug-likeness (QED) is 0.337. The molecule has 0 saturated heterocycles. The summed E-state index contributed by atoms with van der Waals surface area (Å²) in [6.07, 6.45) is 1.47. The highest BCUT2D eigenvalue weighted by molar-refractivity contribution is 6.33. The van der Waals surface area contributed by atoms with Crippen molar-refractivity contribution in [2.24, 2.45) is 0 Å². The van der Waals surface area contributed by atoms with Gasteiger partial charge in [0, 0.05) is 16.8 Å². The number of carbonyl (C=O) groups excluding carboxylic acids is 1. The number of methoxy groups -OCH3 is 1. The molecule has 7 nitrogen and oxygen atoms in total. The van der Waals surface area contributed by atoms with Crippen LogP contribution in [0.5, 0.6) is 11.5 Å². The Hall–Kier alpha value is -3.49. The van der Waals surface area contributed by atoms with E-state index in [0.29, 0.717) is 17.3 Å². The van der Waals surface area contributed by atoms with Crippen LogP contribution < -0.4 is 14.8 Å². The second-order valence-corrected chi connectivity index (χ2v) is 7.70. The number of nitrogens with one attached hydrogen (secondary N) is 1. The molecule has 4 rings (SSSR count). The molecule has 0 aliphatic carbocycles. The molecule has 0 aliphatic rings. The zero-order chi connectivity index (χ0) is 23.4. The molecule has 0 unspecified atom stereocenters. The molecule has 10 heteroatoms. The number of nitrogens with zero attached hydrogens (tertiary/aromatic N) is 2. The summed E-state index contributed by atoms with van der Waals surface area (Å²) in [5, 5.41) is 7.24. The van der Waals surface area contributed by atoms with Crippen LogP contribution >= 0.6 is 23.2 Å². The highest BCUT2D eigenvalue weighted by Gasteiger charge is 2.17. The standard InChI is InChI=1S/C23H18Cl2FN3O4/c1-31-19-7-2-3-8-20(19)32-13-14-9-10-21(33-14)23(30)27-22-17(25)12-29(28-22)11-15-16(24)5-4-6-18(15)26/h2-10,12H,11,13H2,1H3,(H,27,28,30). The fraction of sp³-hybridized carbons (Fsp3) is 0.130. The first-order chi connectivity index (χ1) is 15.9. The summed E-state index contributed by atoms with van der Waals surface area (Å²) in [6.45, 7) is 0.152. The number of hydrogen-bond acceptors (Lipinski definition) is 5.